The molecule has 0 atom stereocenters. The van der Waals surface area contributed by atoms with Gasteiger partial charge in [-0.15, -0.1) is 5.73 Å². The molecule has 0 aromatic heterocycles. The maximum absolute atomic E-state index is 10.6. The van der Waals surface area contributed by atoms with Gasteiger partial charge in [0.05, 0.1) is 5.57 Å². The third-order valence-corrected chi connectivity index (χ3v) is 4.25. The van der Waals surface area contributed by atoms with Gasteiger partial charge in [0, 0.05) is 0 Å². The van der Waals surface area contributed by atoms with Gasteiger partial charge >= 0.3 is 5.97 Å². The van der Waals surface area contributed by atoms with E-state index in [1.165, 1.54) is 36.0 Å². The smallest absolute Gasteiger partial charge is 0.339 e. The van der Waals surface area contributed by atoms with E-state index in [1.54, 1.807) is 13.0 Å². The molecule has 0 heterocycles. The topological polar surface area (TPSA) is 37.3 Å². The lowest BCUT2D eigenvalue weighted by Crippen LogP contribution is -2.19. The van der Waals surface area contributed by atoms with E-state index < -0.39 is 5.97 Å². The highest BCUT2D eigenvalue weighted by atomic mass is 16.4. The molecule has 2 nitrogen and oxygen atoms in total. The van der Waals surface area contributed by atoms with Crippen molar-refractivity contribution in [2.75, 3.05) is 0 Å². The van der Waals surface area contributed by atoms with Gasteiger partial charge < -0.3 is 5.11 Å². The summed E-state index contributed by atoms with van der Waals surface area (Å²) in [5.74, 6) is -0.918. The van der Waals surface area contributed by atoms with Crippen LogP contribution in [0.1, 0.15) is 60.3 Å². The number of carboxylic acid groups (broad SMARTS) is 1. The lowest BCUT2D eigenvalue weighted by Gasteiger charge is -2.32. The minimum atomic E-state index is -0.918. The minimum Gasteiger partial charge on any atom is -0.477 e. The van der Waals surface area contributed by atoms with Crippen molar-refractivity contribution in [3.05, 3.63) is 52.3 Å². The molecule has 22 heavy (non-hydrogen) atoms. The first-order chi connectivity index (χ1) is 10.2. The average Bonchev–Trinajstić information content (AvgIpc) is 2.41. The Morgan fingerprint density at radius 2 is 2.05 bits per heavy atom. The maximum atomic E-state index is 10.6. The van der Waals surface area contributed by atoms with Gasteiger partial charge in [0.15, 0.2) is 0 Å². The Morgan fingerprint density at radius 1 is 1.36 bits per heavy atom. The largest absolute Gasteiger partial charge is 0.477 e. The van der Waals surface area contributed by atoms with E-state index in [1.807, 2.05) is 0 Å². The van der Waals surface area contributed by atoms with Crippen molar-refractivity contribution in [3.63, 3.8) is 0 Å². The summed E-state index contributed by atoms with van der Waals surface area (Å²) < 4.78 is 0. The third-order valence-electron chi connectivity index (χ3n) is 4.25. The molecule has 0 unspecified atom stereocenters. The molecule has 0 saturated heterocycles. The lowest BCUT2D eigenvalue weighted by molar-refractivity contribution is -0.132. The second kappa shape index (κ2) is 8.00. The quantitative estimate of drug-likeness (QED) is 0.408. The number of rotatable bonds is 5. The highest BCUT2D eigenvalue weighted by Gasteiger charge is 2.26. The number of carboxylic acids is 1. The molecule has 0 aromatic carbocycles. The highest BCUT2D eigenvalue weighted by molar-refractivity contribution is 5.85. The molecule has 1 rings (SSSR count). The molecule has 0 bridgehead atoms. The number of aliphatic carboxylic acids is 1. The summed E-state index contributed by atoms with van der Waals surface area (Å²) in [6.45, 7) is 10.5. The van der Waals surface area contributed by atoms with E-state index in [2.05, 4.69) is 51.7 Å². The SMILES string of the molecule is CC(=C=CC/C=C(C)/C=C/C1=C(C)CCCC1(C)C)C(=O)O. The first-order valence-corrected chi connectivity index (χ1v) is 7.94. The van der Waals surface area contributed by atoms with Gasteiger partial charge in [-0.2, -0.15) is 0 Å². The summed E-state index contributed by atoms with van der Waals surface area (Å²) in [6, 6.07) is 0. The molecular weight excluding hydrogens is 272 g/mol. The van der Waals surface area contributed by atoms with Gasteiger partial charge in [0.1, 0.15) is 0 Å². The van der Waals surface area contributed by atoms with Gasteiger partial charge in [-0.1, -0.05) is 43.2 Å². The van der Waals surface area contributed by atoms with Gasteiger partial charge in [-0.05, 0) is 63.5 Å². The minimum absolute atomic E-state index is 0.242. The first-order valence-electron chi connectivity index (χ1n) is 7.94. The molecule has 2 heteroatoms. The molecule has 0 aliphatic heterocycles. The first kappa shape index (κ1) is 18.3. The fraction of sp³-hybridized carbons (Fsp3) is 0.500. The summed E-state index contributed by atoms with van der Waals surface area (Å²) in [6.07, 6.45) is 12.7. The van der Waals surface area contributed by atoms with Crippen molar-refractivity contribution < 1.29 is 9.90 Å². The average molecular weight is 300 g/mol. The van der Waals surface area contributed by atoms with Gasteiger partial charge in [-0.25, -0.2) is 4.79 Å². The Labute approximate surface area is 134 Å². The van der Waals surface area contributed by atoms with E-state index in [-0.39, 0.29) is 11.0 Å². The standard InChI is InChI=1S/C20H28O2/c1-15(9-6-7-10-17(3)19(21)22)12-13-18-16(2)11-8-14-20(18,4)5/h7,9,12-13H,6,8,11,14H2,1-5H3,(H,21,22)/b13-12+,15-9+. The molecule has 0 spiro atoms. The van der Waals surface area contributed by atoms with Crippen LogP contribution in [0.3, 0.4) is 0 Å². The summed E-state index contributed by atoms with van der Waals surface area (Å²) in [5, 5.41) is 8.74. The van der Waals surface area contributed by atoms with Crippen molar-refractivity contribution in [1.29, 1.82) is 0 Å². The van der Waals surface area contributed by atoms with E-state index in [9.17, 15) is 4.79 Å². The van der Waals surface area contributed by atoms with Crippen LogP contribution in [-0.4, -0.2) is 11.1 Å². The number of hydrogen-bond donors (Lipinski definition) is 1. The molecule has 1 N–H and O–H groups in total. The molecule has 0 amide bonds. The molecule has 120 valence electrons. The van der Waals surface area contributed by atoms with Crippen molar-refractivity contribution in [2.45, 2.75) is 60.3 Å². The summed E-state index contributed by atoms with van der Waals surface area (Å²) in [4.78, 5) is 10.6. The molecule has 1 aliphatic carbocycles. The van der Waals surface area contributed by atoms with Crippen LogP contribution in [0.4, 0.5) is 0 Å². The van der Waals surface area contributed by atoms with Gasteiger partial charge in [0.2, 0.25) is 0 Å². The van der Waals surface area contributed by atoms with Crippen LogP contribution in [0.5, 0.6) is 0 Å². The molecule has 0 fully saturated rings. The summed E-state index contributed by atoms with van der Waals surface area (Å²) in [7, 11) is 0. The van der Waals surface area contributed by atoms with E-state index >= 15 is 0 Å². The van der Waals surface area contributed by atoms with Crippen LogP contribution in [0.25, 0.3) is 0 Å². The van der Waals surface area contributed by atoms with Crippen LogP contribution in [0.2, 0.25) is 0 Å². The van der Waals surface area contributed by atoms with Crippen LogP contribution in [0.15, 0.2) is 52.3 Å². The normalized spacial score (nSPS) is 18.3. The Morgan fingerprint density at radius 3 is 2.64 bits per heavy atom. The number of hydrogen-bond acceptors (Lipinski definition) is 1. The molecule has 0 radical (unpaired) electrons. The van der Waals surface area contributed by atoms with Gasteiger partial charge in [-0.3, -0.25) is 0 Å². The van der Waals surface area contributed by atoms with Crippen LogP contribution in [0, 0.1) is 5.41 Å². The Kier molecular flexibility index (Phi) is 6.64. The van der Waals surface area contributed by atoms with Crippen LogP contribution in [-0.2, 0) is 4.79 Å². The summed E-state index contributed by atoms with van der Waals surface area (Å²) in [5.41, 5.74) is 7.43. The second-order valence-corrected chi connectivity index (χ2v) is 6.73. The predicted molar refractivity (Wildman–Crippen MR) is 92.8 cm³/mol. The van der Waals surface area contributed by atoms with E-state index in [4.69, 9.17) is 5.11 Å². The maximum Gasteiger partial charge on any atom is 0.339 e. The molecular formula is C20H28O2. The number of carbonyl (C=O) groups is 1. The highest BCUT2D eigenvalue weighted by Crippen LogP contribution is 2.40. The monoisotopic (exact) mass is 300 g/mol. The molecule has 1 aliphatic rings. The predicted octanol–water partition coefficient (Wildman–Crippen LogP) is 5.59. The van der Waals surface area contributed by atoms with E-state index in [0.29, 0.717) is 6.42 Å². The fourth-order valence-electron chi connectivity index (χ4n) is 2.81. The zero-order valence-corrected chi connectivity index (χ0v) is 14.5. The fourth-order valence-corrected chi connectivity index (χ4v) is 2.81. The van der Waals surface area contributed by atoms with Crippen molar-refractivity contribution >= 4 is 5.97 Å². The lowest BCUT2D eigenvalue weighted by atomic mass is 9.72. The second-order valence-electron chi connectivity index (χ2n) is 6.73. The third kappa shape index (κ3) is 5.54. The molecule has 0 saturated carbocycles. The Balaban J connectivity index is 2.75. The zero-order valence-electron chi connectivity index (χ0n) is 14.5. The van der Waals surface area contributed by atoms with Crippen LogP contribution < -0.4 is 0 Å². The Bertz CT molecular complexity index is 577. The zero-order chi connectivity index (χ0) is 16.8. The van der Waals surface area contributed by atoms with E-state index in [0.717, 1.165) is 0 Å². The summed E-state index contributed by atoms with van der Waals surface area (Å²) >= 11 is 0. The van der Waals surface area contributed by atoms with Crippen molar-refractivity contribution in [3.8, 4) is 0 Å². The Hall–Kier alpha value is -1.79. The van der Waals surface area contributed by atoms with Crippen LogP contribution >= 0.6 is 0 Å². The van der Waals surface area contributed by atoms with Crippen molar-refractivity contribution in [1.82, 2.24) is 0 Å². The number of allylic oxidation sites excluding steroid dienone is 6. The molecule has 0 aromatic rings. The van der Waals surface area contributed by atoms with Crippen molar-refractivity contribution in [2.24, 2.45) is 5.41 Å². The van der Waals surface area contributed by atoms with Gasteiger partial charge in [0.25, 0.3) is 0 Å².